The number of hydrogen-bond donors (Lipinski definition) is 0. The van der Waals surface area contributed by atoms with Crippen LogP contribution in [0.4, 0.5) is 5.69 Å². The average molecular weight is 655 g/mol. The van der Waals surface area contributed by atoms with E-state index in [1.807, 2.05) is 36.4 Å². The summed E-state index contributed by atoms with van der Waals surface area (Å²) in [4.78, 5) is 31.0. The summed E-state index contributed by atoms with van der Waals surface area (Å²) in [6.45, 7) is 3.96. The SMILES string of the molecule is C=CCN1C(=O)/C(=C\c2ccc3c(c2)c2ccccc2n3-c2ccccc2)O/C1=N\c1c(Br)cc(Br)cc1C=O. The van der Waals surface area contributed by atoms with Crippen molar-refractivity contribution in [2.45, 2.75) is 0 Å². The highest BCUT2D eigenvalue weighted by molar-refractivity contribution is 9.11. The maximum atomic E-state index is 13.4. The minimum atomic E-state index is -0.341. The number of nitrogens with zero attached hydrogens (tertiary/aromatic N) is 3. The van der Waals surface area contributed by atoms with Gasteiger partial charge in [-0.25, -0.2) is 0 Å². The summed E-state index contributed by atoms with van der Waals surface area (Å²) in [7, 11) is 0. The maximum absolute atomic E-state index is 13.4. The van der Waals surface area contributed by atoms with Gasteiger partial charge in [-0.3, -0.25) is 14.5 Å². The zero-order valence-corrected chi connectivity index (χ0v) is 24.2. The van der Waals surface area contributed by atoms with Gasteiger partial charge >= 0.3 is 6.02 Å². The van der Waals surface area contributed by atoms with E-state index in [4.69, 9.17) is 4.74 Å². The molecule has 6 rings (SSSR count). The summed E-state index contributed by atoms with van der Waals surface area (Å²) < 4.78 is 9.53. The minimum absolute atomic E-state index is 0.0732. The van der Waals surface area contributed by atoms with E-state index in [0.717, 1.165) is 37.5 Å². The molecular formula is C32H21Br2N3O3. The van der Waals surface area contributed by atoms with Crippen LogP contribution in [0.5, 0.6) is 0 Å². The Labute approximate surface area is 247 Å². The third kappa shape index (κ3) is 4.59. The number of aromatic nitrogens is 1. The number of para-hydroxylation sites is 2. The van der Waals surface area contributed by atoms with Crippen molar-refractivity contribution in [1.82, 2.24) is 9.47 Å². The molecule has 1 fully saturated rings. The van der Waals surface area contributed by atoms with E-state index in [0.29, 0.717) is 22.0 Å². The standard InChI is InChI=1S/C32H21Br2N3O3/c1-2-14-36-31(39)29(40-32(36)35-30-21(19-38)17-22(33)18-26(30)34)16-20-12-13-28-25(15-20)24-10-6-7-11-27(24)37(28)23-8-4-3-5-9-23/h2-13,15-19H,1,14H2/b29-16+,35-32-. The van der Waals surface area contributed by atoms with Crippen LogP contribution in [0.1, 0.15) is 15.9 Å². The zero-order valence-electron chi connectivity index (χ0n) is 21.1. The molecule has 0 bridgehead atoms. The molecule has 0 atom stereocenters. The second-order valence-electron chi connectivity index (χ2n) is 9.12. The Morgan fingerprint density at radius 3 is 2.42 bits per heavy atom. The first-order valence-corrected chi connectivity index (χ1v) is 14.0. The second-order valence-corrected chi connectivity index (χ2v) is 10.9. The Morgan fingerprint density at radius 1 is 0.900 bits per heavy atom. The van der Waals surface area contributed by atoms with Crippen LogP contribution < -0.4 is 0 Å². The number of fused-ring (bicyclic) bond motifs is 3. The number of hydrogen-bond acceptors (Lipinski definition) is 4. The molecular weight excluding hydrogens is 634 g/mol. The van der Waals surface area contributed by atoms with E-state index in [9.17, 15) is 9.59 Å². The van der Waals surface area contributed by atoms with Gasteiger partial charge in [0, 0.05) is 37.5 Å². The first kappa shape index (κ1) is 26.0. The number of carbonyl (C=O) groups excluding carboxylic acids is 2. The Bertz CT molecular complexity index is 1890. The molecule has 6 nitrogen and oxygen atoms in total. The smallest absolute Gasteiger partial charge is 0.305 e. The lowest BCUT2D eigenvalue weighted by atomic mass is 10.1. The highest BCUT2D eigenvalue weighted by Gasteiger charge is 2.34. The number of aliphatic imine (C=N–C) groups is 1. The summed E-state index contributed by atoms with van der Waals surface area (Å²) in [5.74, 6) is -0.209. The van der Waals surface area contributed by atoms with Gasteiger partial charge in [0.2, 0.25) is 0 Å². The van der Waals surface area contributed by atoms with Crippen molar-refractivity contribution < 1.29 is 14.3 Å². The largest absolute Gasteiger partial charge is 0.419 e. The predicted octanol–water partition coefficient (Wildman–Crippen LogP) is 8.19. The molecule has 5 aromatic rings. The monoisotopic (exact) mass is 653 g/mol. The maximum Gasteiger partial charge on any atom is 0.305 e. The molecule has 40 heavy (non-hydrogen) atoms. The molecule has 0 spiro atoms. The molecule has 1 aliphatic heterocycles. The molecule has 0 N–H and O–H groups in total. The highest BCUT2D eigenvalue weighted by Crippen LogP contribution is 2.35. The van der Waals surface area contributed by atoms with Crippen molar-refractivity contribution >= 4 is 83.6 Å². The van der Waals surface area contributed by atoms with Crippen LogP contribution in [0.2, 0.25) is 0 Å². The van der Waals surface area contributed by atoms with E-state index in [1.54, 1.807) is 24.3 Å². The third-order valence-electron chi connectivity index (χ3n) is 6.60. The molecule has 0 saturated carbocycles. The fourth-order valence-electron chi connectivity index (χ4n) is 4.86. The highest BCUT2D eigenvalue weighted by atomic mass is 79.9. The van der Waals surface area contributed by atoms with Gasteiger partial charge in [0.25, 0.3) is 5.91 Å². The molecule has 1 amide bonds. The molecule has 1 saturated heterocycles. The quantitative estimate of drug-likeness (QED) is 0.105. The molecule has 1 aromatic heterocycles. The topological polar surface area (TPSA) is 63.9 Å². The molecule has 8 heteroatoms. The third-order valence-corrected chi connectivity index (χ3v) is 7.66. The number of amidine groups is 1. The Morgan fingerprint density at radius 2 is 1.65 bits per heavy atom. The number of halogens is 2. The van der Waals surface area contributed by atoms with Crippen LogP contribution >= 0.6 is 31.9 Å². The Balaban J connectivity index is 1.45. The van der Waals surface area contributed by atoms with Crippen LogP contribution in [0.25, 0.3) is 33.6 Å². The van der Waals surface area contributed by atoms with E-state index >= 15 is 0 Å². The van der Waals surface area contributed by atoms with Gasteiger partial charge < -0.3 is 9.30 Å². The number of carbonyl (C=O) groups is 2. The van der Waals surface area contributed by atoms with Crippen LogP contribution in [0.15, 0.2) is 117 Å². The number of amides is 1. The lowest BCUT2D eigenvalue weighted by molar-refractivity contribution is -0.122. The molecule has 196 valence electrons. The number of benzene rings is 4. The van der Waals surface area contributed by atoms with Crippen LogP contribution in [-0.2, 0) is 9.53 Å². The fourth-order valence-corrected chi connectivity index (χ4v) is 6.20. The summed E-state index contributed by atoms with van der Waals surface area (Å²) in [6.07, 6.45) is 4.02. The van der Waals surface area contributed by atoms with Gasteiger partial charge in [-0.05, 0) is 70.0 Å². The minimum Gasteiger partial charge on any atom is -0.419 e. The molecule has 0 radical (unpaired) electrons. The van der Waals surface area contributed by atoms with Gasteiger partial charge in [-0.1, -0.05) is 64.5 Å². The van der Waals surface area contributed by atoms with Crippen molar-refractivity contribution in [3.8, 4) is 5.69 Å². The van der Waals surface area contributed by atoms with Gasteiger partial charge in [-0.15, -0.1) is 6.58 Å². The average Bonchev–Trinajstić information content (AvgIpc) is 3.44. The van der Waals surface area contributed by atoms with Gasteiger partial charge in [-0.2, -0.15) is 4.99 Å². The lowest BCUT2D eigenvalue weighted by Crippen LogP contribution is -2.29. The first-order chi connectivity index (χ1) is 19.5. The summed E-state index contributed by atoms with van der Waals surface area (Å²) in [6, 6.07) is 28.1. The van der Waals surface area contributed by atoms with E-state index in [-0.39, 0.29) is 24.2 Å². The second kappa shape index (κ2) is 10.7. The molecule has 0 unspecified atom stereocenters. The van der Waals surface area contributed by atoms with Gasteiger partial charge in [0.1, 0.15) is 0 Å². The van der Waals surface area contributed by atoms with Crippen molar-refractivity contribution in [3.05, 3.63) is 123 Å². The first-order valence-electron chi connectivity index (χ1n) is 12.4. The normalized spacial score (nSPS) is 15.3. The van der Waals surface area contributed by atoms with Gasteiger partial charge in [0.15, 0.2) is 12.0 Å². The zero-order chi connectivity index (χ0) is 27.8. The van der Waals surface area contributed by atoms with Crippen molar-refractivity contribution in [3.63, 3.8) is 0 Å². The lowest BCUT2D eigenvalue weighted by Gasteiger charge is -2.11. The van der Waals surface area contributed by atoms with Crippen molar-refractivity contribution in [2.75, 3.05) is 6.54 Å². The van der Waals surface area contributed by atoms with Crippen LogP contribution in [-0.4, -0.2) is 34.2 Å². The summed E-state index contributed by atoms with van der Waals surface area (Å²) in [5, 5.41) is 2.17. The molecule has 1 aliphatic rings. The molecule has 2 heterocycles. The molecule has 0 aliphatic carbocycles. The van der Waals surface area contributed by atoms with Crippen molar-refractivity contribution in [1.29, 1.82) is 0 Å². The van der Waals surface area contributed by atoms with Crippen LogP contribution in [0, 0.1) is 0 Å². The molecule has 4 aromatic carbocycles. The Kier molecular flexibility index (Phi) is 6.96. The van der Waals surface area contributed by atoms with E-state index < -0.39 is 0 Å². The number of aldehydes is 1. The fraction of sp³-hybridized carbons (Fsp3) is 0.0312. The summed E-state index contributed by atoms with van der Waals surface area (Å²) >= 11 is 6.84. The Hall–Kier alpha value is -4.27. The summed E-state index contributed by atoms with van der Waals surface area (Å²) in [5.41, 5.74) is 4.76. The van der Waals surface area contributed by atoms with Gasteiger partial charge in [0.05, 0.1) is 16.7 Å². The number of rotatable bonds is 6. The predicted molar refractivity (Wildman–Crippen MR) is 166 cm³/mol. The van der Waals surface area contributed by atoms with Crippen LogP contribution in [0.3, 0.4) is 0 Å². The van der Waals surface area contributed by atoms with E-state index in [1.165, 1.54) is 4.90 Å². The van der Waals surface area contributed by atoms with E-state index in [2.05, 4.69) is 84.4 Å². The number of ether oxygens (including phenoxy) is 1. The van der Waals surface area contributed by atoms with Crippen molar-refractivity contribution in [2.24, 2.45) is 4.99 Å².